The second-order valence-corrected chi connectivity index (χ2v) is 19.4. The van der Waals surface area contributed by atoms with Gasteiger partial charge in [0.05, 0.1) is 25.3 Å². The van der Waals surface area contributed by atoms with Crippen molar-refractivity contribution in [1.82, 2.24) is 19.6 Å². The number of hydrogen-bond acceptors (Lipinski definition) is 13. The Morgan fingerprint density at radius 3 is 1.45 bits per heavy atom. The molecule has 4 heterocycles. The van der Waals surface area contributed by atoms with E-state index in [9.17, 15) is 24.3 Å². The Morgan fingerprint density at radius 1 is 0.630 bits per heavy atom. The van der Waals surface area contributed by atoms with Crippen LogP contribution in [0.2, 0.25) is 0 Å². The molecule has 4 aliphatic heterocycles. The number of piperidine rings is 2. The molecule has 4 aromatic rings. The molecule has 10 rings (SSSR count). The number of ether oxygens (including phenoxy) is 3. The molecule has 2 aliphatic carbocycles. The first-order valence-corrected chi connectivity index (χ1v) is 26.0. The van der Waals surface area contributed by atoms with Crippen molar-refractivity contribution >= 4 is 46.2 Å². The summed E-state index contributed by atoms with van der Waals surface area (Å²) in [6.45, 7) is 6.34. The van der Waals surface area contributed by atoms with Crippen molar-refractivity contribution in [2.24, 2.45) is 0 Å². The fourth-order valence-electron chi connectivity index (χ4n) is 10.3. The van der Waals surface area contributed by atoms with Crippen LogP contribution in [0.1, 0.15) is 129 Å². The topological polar surface area (TPSA) is 179 Å². The molecule has 382 valence electrons. The molecule has 6 aliphatic rings. The van der Waals surface area contributed by atoms with Crippen LogP contribution < -0.4 is 148 Å². The number of fused-ring (bicyclic) bond motifs is 2. The van der Waals surface area contributed by atoms with Crippen molar-refractivity contribution in [2.75, 3.05) is 53.5 Å². The molecule has 2 saturated carbocycles. The number of carbonyl (C=O) groups excluding carboxylic acids is 5. The maximum atomic E-state index is 13.2. The van der Waals surface area contributed by atoms with Crippen molar-refractivity contribution in [3.8, 4) is 11.5 Å². The predicted molar refractivity (Wildman–Crippen MR) is 269 cm³/mol. The molecule has 0 bridgehead atoms. The molecule has 2 saturated heterocycles. The predicted octanol–water partition coefficient (Wildman–Crippen LogP) is 1.40. The van der Waals surface area contributed by atoms with E-state index >= 15 is 0 Å². The zero-order chi connectivity index (χ0) is 50.3. The van der Waals surface area contributed by atoms with Crippen LogP contribution in [0.5, 0.6) is 11.5 Å². The van der Waals surface area contributed by atoms with E-state index in [1.807, 2.05) is 42.5 Å². The maximum absolute atomic E-state index is 13.2. The molecule has 0 radical (unpaired) electrons. The van der Waals surface area contributed by atoms with Gasteiger partial charge in [0.2, 0.25) is 0 Å². The maximum Gasteiger partial charge on any atom is 1.00 e. The number of carbonyl (C=O) groups is 5. The monoisotopic (exact) mass is 1300 g/mol. The summed E-state index contributed by atoms with van der Waals surface area (Å²) in [6, 6.07) is 27.8. The van der Waals surface area contributed by atoms with Gasteiger partial charge in [-0.1, -0.05) is 53.0 Å². The van der Waals surface area contributed by atoms with Crippen molar-refractivity contribution in [1.29, 1.82) is 0 Å². The van der Waals surface area contributed by atoms with Crippen molar-refractivity contribution in [3.63, 3.8) is 0 Å². The van der Waals surface area contributed by atoms with Crippen molar-refractivity contribution in [2.45, 2.75) is 113 Å². The Kier molecular flexibility index (Phi) is 26.9. The molecule has 1 N–H and O–H groups in total. The minimum atomic E-state index is -0.347. The van der Waals surface area contributed by atoms with Gasteiger partial charge in [0, 0.05) is 79.9 Å². The molecule has 2 amide bonds. The minimum absolute atomic E-state index is 0. The SMILES string of the molecule is COC(=O)c1ccc(CBr)cc1.COC(=O)c1ccc(COc2ccc3c(c2)CCN(C2CCN(C4CCC4)CC2)C3=O)cc1.O=C1c2ccc(O)cc2CCN1C1CCN(C2CCC2)CC1.O=CO[O-].[Cs+].[Cs+].[H-]. The van der Waals surface area contributed by atoms with Gasteiger partial charge in [-0.3, -0.25) is 14.4 Å². The smallest absolute Gasteiger partial charge is 1.00 e. The molecule has 0 atom stereocenters. The van der Waals surface area contributed by atoms with Gasteiger partial charge in [-0.2, -0.15) is 0 Å². The number of phenolic OH excluding ortho intramolecular Hbond substituents is 1. The van der Waals surface area contributed by atoms with Crippen molar-refractivity contribution in [3.05, 3.63) is 129 Å². The third-order valence-corrected chi connectivity index (χ3v) is 15.5. The van der Waals surface area contributed by atoms with E-state index in [1.54, 1.807) is 42.5 Å². The summed E-state index contributed by atoms with van der Waals surface area (Å²) >= 11 is 3.32. The minimum Gasteiger partial charge on any atom is -1.00 e. The summed E-state index contributed by atoms with van der Waals surface area (Å²) in [4.78, 5) is 69.2. The molecule has 4 aromatic carbocycles. The molecule has 73 heavy (non-hydrogen) atoms. The number of esters is 2. The summed E-state index contributed by atoms with van der Waals surface area (Å²) in [5.41, 5.74) is 6.88. The number of amides is 2. The second-order valence-electron chi connectivity index (χ2n) is 18.9. The molecule has 4 fully saturated rings. The molecule has 0 spiro atoms. The summed E-state index contributed by atoms with van der Waals surface area (Å²) in [5, 5.41) is 18.8. The van der Waals surface area contributed by atoms with E-state index in [-0.39, 0.29) is 175 Å². The van der Waals surface area contributed by atoms with Crippen LogP contribution in [-0.4, -0.2) is 133 Å². The standard InChI is InChI=1S/C27H32N2O4.C18H24N2O2.C9H9BrO2.CH2O3.2Cs.H/c1-32-27(31)20-7-5-19(6-8-20)18-33-24-9-10-25-21(17-24)11-16-29(26(25)30)23-12-14-28(15-13-23)22-3-2-4-22;21-16-4-5-17-13(12-16)6-11-20(18(17)22)15-7-9-19(10-8-15)14-2-1-3-14;1-12-9(11)8-4-2-7(6-10)3-5-8;2-1-4-3;;;/h5-10,17,22-23H,2-4,11-16,18H2,1H3;4-5,12,14-15,21H,1-3,6-11H2;2-5H,6H2,1H3;1,3H;;;/q;;;;2*+1;-1/p-1. The van der Waals surface area contributed by atoms with Crippen molar-refractivity contribution < 1.29 is 193 Å². The second kappa shape index (κ2) is 31.6. The average molecular weight is 1310 g/mol. The molecular weight excluding hydrogens is 1240 g/mol. The number of alkyl halides is 1. The Balaban J connectivity index is 0.000000249. The molecule has 0 aromatic heterocycles. The first-order valence-electron chi connectivity index (χ1n) is 24.8. The summed E-state index contributed by atoms with van der Waals surface area (Å²) in [7, 11) is 2.75. The number of halogens is 1. The number of methoxy groups -OCH3 is 2. The number of likely N-dealkylation sites (tertiary alicyclic amines) is 2. The van der Waals surface area contributed by atoms with Crippen LogP contribution >= 0.6 is 15.9 Å². The molecule has 15 nitrogen and oxygen atoms in total. The van der Waals surface area contributed by atoms with Gasteiger partial charge in [-0.25, -0.2) is 9.59 Å². The van der Waals surface area contributed by atoms with Gasteiger partial charge >= 0.3 is 150 Å². The van der Waals surface area contributed by atoms with Gasteiger partial charge in [0.15, 0.2) is 0 Å². The quantitative estimate of drug-likeness (QED) is 0.0751. The number of benzene rings is 4. The van der Waals surface area contributed by atoms with Gasteiger partial charge in [-0.05, 0) is 147 Å². The number of phenols is 1. The third-order valence-electron chi connectivity index (χ3n) is 14.8. The Labute approximate surface area is 557 Å². The summed E-state index contributed by atoms with van der Waals surface area (Å²) in [6.07, 6.45) is 14.3. The van der Waals surface area contributed by atoms with E-state index in [0.29, 0.717) is 29.8 Å². The van der Waals surface area contributed by atoms with E-state index in [2.05, 4.69) is 45.2 Å². The molecule has 0 unspecified atom stereocenters. The first-order chi connectivity index (χ1) is 34.5. The fraction of sp³-hybridized carbons (Fsp3) is 0.473. The number of hydrogen-bond donors (Lipinski definition) is 1. The molecule has 18 heteroatoms. The number of aromatic hydroxyl groups is 1. The van der Waals surface area contributed by atoms with Crippen LogP contribution in [0.15, 0.2) is 84.9 Å². The molecular formula is C55H67BrCs2N4O11. The number of rotatable bonds is 11. The van der Waals surface area contributed by atoms with E-state index in [0.717, 1.165) is 134 Å². The van der Waals surface area contributed by atoms with Gasteiger partial charge < -0.3 is 50.5 Å². The van der Waals surface area contributed by atoms with Crippen LogP contribution in [0.4, 0.5) is 0 Å². The van der Waals surface area contributed by atoms with Crippen LogP contribution in [0, 0.1) is 0 Å². The zero-order valence-electron chi connectivity index (χ0n) is 43.8. The van der Waals surface area contributed by atoms with Gasteiger partial charge in [0.25, 0.3) is 18.3 Å². The third kappa shape index (κ3) is 17.1. The van der Waals surface area contributed by atoms with Gasteiger partial charge in [-0.15, -0.1) is 0 Å². The van der Waals surface area contributed by atoms with Gasteiger partial charge in [0.1, 0.15) is 18.1 Å². The largest absolute Gasteiger partial charge is 1.00 e. The van der Waals surface area contributed by atoms with Crippen LogP contribution in [0.3, 0.4) is 0 Å². The first kappa shape index (κ1) is 62.1. The van der Waals surface area contributed by atoms with E-state index in [1.165, 1.54) is 52.7 Å². The number of nitrogens with zero attached hydrogens (tertiary/aromatic N) is 4. The Hall–Kier alpha value is -1.71. The Morgan fingerprint density at radius 2 is 1.05 bits per heavy atom. The fourth-order valence-corrected chi connectivity index (χ4v) is 10.6. The van der Waals surface area contributed by atoms with Crippen LogP contribution in [-0.2, 0) is 43.9 Å². The van der Waals surface area contributed by atoms with Crippen LogP contribution in [0.25, 0.3) is 0 Å². The normalized spacial score (nSPS) is 18.0. The Bertz CT molecular complexity index is 2430. The summed E-state index contributed by atoms with van der Waals surface area (Å²) < 4.78 is 15.3. The van der Waals surface area contributed by atoms with E-state index in [4.69, 9.17) is 19.5 Å². The van der Waals surface area contributed by atoms with E-state index < -0.39 is 0 Å². The summed E-state index contributed by atoms with van der Waals surface area (Å²) in [5.74, 6) is 0.706. The average Bonchev–Trinajstić information content (AvgIpc) is 3.38. The zero-order valence-corrected chi connectivity index (χ0v) is 57.0.